The molecule has 3 aromatic rings. The lowest BCUT2D eigenvalue weighted by molar-refractivity contribution is 0.575. The molecule has 24 heavy (non-hydrogen) atoms. The van der Waals surface area contributed by atoms with Gasteiger partial charge in [-0.05, 0) is 64.2 Å². The van der Waals surface area contributed by atoms with Gasteiger partial charge in [0, 0.05) is 0 Å². The lowest BCUT2D eigenvalue weighted by Gasteiger charge is -2.06. The van der Waals surface area contributed by atoms with Crippen molar-refractivity contribution in [2.24, 2.45) is 0 Å². The first-order chi connectivity index (χ1) is 11.9. The van der Waals surface area contributed by atoms with Gasteiger partial charge in [-0.15, -0.1) is 0 Å². The highest BCUT2D eigenvalue weighted by molar-refractivity contribution is 5.98. The van der Waals surface area contributed by atoms with Crippen LogP contribution in [0.4, 0.5) is 0 Å². The fraction of sp³-hybridized carbons (Fsp3) is 0.417. The predicted octanol–water partition coefficient (Wildman–Crippen LogP) is 7.48. The van der Waals surface area contributed by atoms with Crippen molar-refractivity contribution in [2.75, 3.05) is 0 Å². The Morgan fingerprint density at radius 1 is 0.667 bits per heavy atom. The third kappa shape index (κ3) is 4.60. The number of rotatable bonds is 9. The molecule has 0 unspecified atom stereocenters. The Morgan fingerprint density at radius 3 is 2.21 bits per heavy atom. The van der Waals surface area contributed by atoms with Crippen molar-refractivity contribution in [1.82, 2.24) is 0 Å². The van der Waals surface area contributed by atoms with Crippen molar-refractivity contribution in [2.45, 2.75) is 64.7 Å². The molecule has 3 rings (SSSR count). The lowest BCUT2D eigenvalue weighted by Crippen LogP contribution is -1.87. The van der Waals surface area contributed by atoms with Crippen LogP contribution in [0.15, 0.2) is 48.5 Å². The standard InChI is InChI=1S/C24H29/c1-2-3-4-5-6-7-8-9-12-20-15-16-23-18-21-13-10-11-14-22(21)19-24(23)17-20/h11,13-19H,2-9,12H2,1H3. The minimum Gasteiger partial charge on any atom is -0.0654 e. The minimum absolute atomic E-state index is 1.21. The minimum atomic E-state index is 1.21. The fourth-order valence-corrected chi connectivity index (χ4v) is 3.55. The number of aryl methyl sites for hydroxylation is 1. The van der Waals surface area contributed by atoms with Crippen molar-refractivity contribution in [3.8, 4) is 0 Å². The van der Waals surface area contributed by atoms with E-state index in [1.165, 1.54) is 84.9 Å². The Labute approximate surface area is 146 Å². The second-order valence-electron chi connectivity index (χ2n) is 7.03. The van der Waals surface area contributed by atoms with Crippen molar-refractivity contribution in [3.63, 3.8) is 0 Å². The van der Waals surface area contributed by atoms with Gasteiger partial charge in [0.05, 0.1) is 0 Å². The van der Waals surface area contributed by atoms with Gasteiger partial charge >= 0.3 is 0 Å². The average molecular weight is 317 g/mol. The third-order valence-electron chi connectivity index (χ3n) is 5.02. The molecule has 0 heterocycles. The van der Waals surface area contributed by atoms with Crippen molar-refractivity contribution in [3.05, 3.63) is 60.2 Å². The van der Waals surface area contributed by atoms with Crippen LogP contribution in [0.2, 0.25) is 0 Å². The monoisotopic (exact) mass is 317 g/mol. The van der Waals surface area contributed by atoms with Crippen LogP contribution in [0.25, 0.3) is 21.5 Å². The number of hydrogen-bond donors (Lipinski definition) is 0. The Hall–Kier alpha value is -1.82. The van der Waals surface area contributed by atoms with Crippen LogP contribution in [0.1, 0.15) is 63.9 Å². The van der Waals surface area contributed by atoms with Gasteiger partial charge in [-0.3, -0.25) is 0 Å². The Balaban J connectivity index is 1.53. The number of fused-ring (bicyclic) bond motifs is 2. The summed E-state index contributed by atoms with van der Waals surface area (Å²) in [5.74, 6) is 0. The van der Waals surface area contributed by atoms with E-state index in [2.05, 4.69) is 55.5 Å². The molecular formula is C24H29. The summed E-state index contributed by atoms with van der Waals surface area (Å²) in [5, 5.41) is 5.29. The topological polar surface area (TPSA) is 0 Å². The lowest BCUT2D eigenvalue weighted by atomic mass is 9.99. The molecule has 0 aliphatic rings. The van der Waals surface area contributed by atoms with Gasteiger partial charge in [0.25, 0.3) is 0 Å². The Morgan fingerprint density at radius 2 is 1.38 bits per heavy atom. The maximum Gasteiger partial charge on any atom is -0.0171 e. The molecule has 0 saturated heterocycles. The van der Waals surface area contributed by atoms with E-state index in [1.807, 2.05) is 6.07 Å². The van der Waals surface area contributed by atoms with E-state index in [0.29, 0.717) is 0 Å². The van der Waals surface area contributed by atoms with Gasteiger partial charge < -0.3 is 0 Å². The quantitative estimate of drug-likeness (QED) is 0.283. The maximum atomic E-state index is 3.17. The molecule has 0 heteroatoms. The number of hydrogen-bond acceptors (Lipinski definition) is 0. The van der Waals surface area contributed by atoms with Crippen LogP contribution in [-0.4, -0.2) is 0 Å². The summed E-state index contributed by atoms with van der Waals surface area (Å²) in [7, 11) is 0. The van der Waals surface area contributed by atoms with E-state index in [0.717, 1.165) is 0 Å². The third-order valence-corrected chi connectivity index (χ3v) is 5.02. The van der Waals surface area contributed by atoms with Gasteiger partial charge in [-0.1, -0.05) is 82.2 Å². The molecule has 0 bridgehead atoms. The summed E-state index contributed by atoms with van der Waals surface area (Å²) in [6, 6.07) is 21.0. The zero-order valence-electron chi connectivity index (χ0n) is 15.0. The zero-order chi connectivity index (χ0) is 16.6. The molecule has 1 radical (unpaired) electrons. The molecule has 0 spiro atoms. The largest absolute Gasteiger partial charge is 0.0654 e. The van der Waals surface area contributed by atoms with Crippen molar-refractivity contribution in [1.29, 1.82) is 0 Å². The molecule has 0 aliphatic heterocycles. The Bertz CT molecular complexity index is 769. The molecule has 0 aliphatic carbocycles. The van der Waals surface area contributed by atoms with E-state index >= 15 is 0 Å². The first-order valence-corrected chi connectivity index (χ1v) is 9.69. The second-order valence-corrected chi connectivity index (χ2v) is 7.03. The van der Waals surface area contributed by atoms with Crippen molar-refractivity contribution >= 4 is 21.5 Å². The predicted molar refractivity (Wildman–Crippen MR) is 107 cm³/mol. The summed E-state index contributed by atoms with van der Waals surface area (Å²) in [6.45, 7) is 2.28. The highest BCUT2D eigenvalue weighted by Gasteiger charge is 2.00. The summed E-state index contributed by atoms with van der Waals surface area (Å²) in [5.41, 5.74) is 1.48. The Kier molecular flexibility index (Phi) is 6.29. The molecule has 0 aromatic heterocycles. The summed E-state index contributed by atoms with van der Waals surface area (Å²) in [4.78, 5) is 0. The van der Waals surface area contributed by atoms with Crippen LogP contribution >= 0.6 is 0 Å². The van der Waals surface area contributed by atoms with Gasteiger partial charge in [-0.2, -0.15) is 0 Å². The molecule has 0 saturated carbocycles. The second kappa shape index (κ2) is 8.87. The molecule has 0 N–H and O–H groups in total. The first kappa shape index (κ1) is 17.0. The summed E-state index contributed by atoms with van der Waals surface area (Å²) < 4.78 is 0. The summed E-state index contributed by atoms with van der Waals surface area (Å²) in [6.07, 6.45) is 12.3. The molecule has 0 nitrogen and oxygen atoms in total. The highest BCUT2D eigenvalue weighted by atomic mass is 14.1. The van der Waals surface area contributed by atoms with Crippen LogP contribution in [-0.2, 0) is 6.42 Å². The van der Waals surface area contributed by atoms with Gasteiger partial charge in [0.1, 0.15) is 0 Å². The smallest absolute Gasteiger partial charge is 0.0171 e. The maximum absolute atomic E-state index is 3.17. The molecule has 0 atom stereocenters. The molecule has 125 valence electrons. The van der Waals surface area contributed by atoms with E-state index < -0.39 is 0 Å². The van der Waals surface area contributed by atoms with Crippen LogP contribution in [0.5, 0.6) is 0 Å². The summed E-state index contributed by atoms with van der Waals surface area (Å²) >= 11 is 0. The molecule has 0 amide bonds. The zero-order valence-corrected chi connectivity index (χ0v) is 15.0. The molecular weight excluding hydrogens is 288 g/mol. The first-order valence-electron chi connectivity index (χ1n) is 9.69. The SMILES string of the molecule is CCCCCCCCCCc1ccc2cc3c[c]ccc3cc2c1. The van der Waals surface area contributed by atoms with Crippen molar-refractivity contribution < 1.29 is 0 Å². The van der Waals surface area contributed by atoms with E-state index in [1.54, 1.807) is 0 Å². The van der Waals surface area contributed by atoms with E-state index in [4.69, 9.17) is 0 Å². The number of unbranched alkanes of at least 4 members (excludes halogenated alkanes) is 7. The average Bonchev–Trinajstić information content (AvgIpc) is 2.62. The van der Waals surface area contributed by atoms with Crippen LogP contribution in [0, 0.1) is 6.07 Å². The fourth-order valence-electron chi connectivity index (χ4n) is 3.55. The van der Waals surface area contributed by atoms with Gasteiger partial charge in [0.15, 0.2) is 0 Å². The van der Waals surface area contributed by atoms with E-state index in [9.17, 15) is 0 Å². The van der Waals surface area contributed by atoms with Gasteiger partial charge in [0.2, 0.25) is 0 Å². The molecule has 0 fully saturated rings. The normalized spacial score (nSPS) is 11.4. The number of benzene rings is 3. The van der Waals surface area contributed by atoms with Gasteiger partial charge in [-0.25, -0.2) is 0 Å². The van der Waals surface area contributed by atoms with Crippen LogP contribution in [0.3, 0.4) is 0 Å². The highest BCUT2D eigenvalue weighted by Crippen LogP contribution is 2.24. The van der Waals surface area contributed by atoms with Crippen LogP contribution < -0.4 is 0 Å². The molecule has 3 aromatic carbocycles. The van der Waals surface area contributed by atoms with E-state index in [-0.39, 0.29) is 0 Å².